The molecule has 2 aromatic carbocycles. The Hall–Kier alpha value is -2.93. The number of methoxy groups -OCH3 is 1. The topological polar surface area (TPSA) is 81.8 Å². The summed E-state index contributed by atoms with van der Waals surface area (Å²) in [7, 11) is 1.63. The van der Waals surface area contributed by atoms with Crippen molar-refractivity contribution in [3.8, 4) is 23.0 Å². The van der Waals surface area contributed by atoms with Crippen LogP contribution in [0.3, 0.4) is 0 Å². The number of hydrogen-bond acceptors (Lipinski definition) is 6. The Morgan fingerprint density at radius 3 is 2.69 bits per heavy atom. The van der Waals surface area contributed by atoms with Crippen LogP contribution in [0.4, 0.5) is 0 Å². The molecule has 0 atom stereocenters. The van der Waals surface area contributed by atoms with Crippen LogP contribution >= 0.6 is 11.8 Å². The average Bonchev–Trinajstić information content (AvgIpc) is 3.09. The van der Waals surface area contributed by atoms with Gasteiger partial charge in [-0.25, -0.2) is 4.98 Å². The van der Waals surface area contributed by atoms with Crippen LogP contribution in [0.25, 0.3) is 11.5 Å². The normalized spacial score (nSPS) is 10.7. The lowest BCUT2D eigenvalue weighted by atomic mass is 10.2. The van der Waals surface area contributed by atoms with E-state index in [1.165, 1.54) is 11.8 Å². The number of carbonyl (C=O) groups is 1. The van der Waals surface area contributed by atoms with Gasteiger partial charge in [0.1, 0.15) is 17.3 Å². The number of aliphatic carboxylic acids is 1. The third-order valence-electron chi connectivity index (χ3n) is 4.23. The summed E-state index contributed by atoms with van der Waals surface area (Å²) in [5.41, 5.74) is 2.80. The molecule has 0 saturated carbocycles. The highest BCUT2D eigenvalue weighted by atomic mass is 32.2. The van der Waals surface area contributed by atoms with E-state index in [2.05, 4.69) is 4.98 Å². The van der Waals surface area contributed by atoms with Crippen molar-refractivity contribution < 1.29 is 23.8 Å². The van der Waals surface area contributed by atoms with E-state index in [0.29, 0.717) is 24.7 Å². The smallest absolute Gasteiger partial charge is 0.313 e. The molecule has 3 rings (SSSR count). The van der Waals surface area contributed by atoms with E-state index in [1.807, 2.05) is 55.5 Å². The summed E-state index contributed by atoms with van der Waals surface area (Å²) in [4.78, 5) is 15.2. The van der Waals surface area contributed by atoms with Crippen LogP contribution in [0.2, 0.25) is 0 Å². The first-order chi connectivity index (χ1) is 14.0. The van der Waals surface area contributed by atoms with Crippen molar-refractivity contribution >= 4 is 17.7 Å². The standard InChI is InChI=1S/C22H23NO5S/c1-15-20(23-22(28-15)17-6-8-18(26-2)9-7-17)10-11-27-19-5-3-4-16(12-19)13-29-14-21(24)25/h3-9,12H,10-11,13-14H2,1-2H3,(H,24,25). The van der Waals surface area contributed by atoms with Crippen LogP contribution in [0.1, 0.15) is 17.0 Å². The number of carboxylic acids is 1. The van der Waals surface area contributed by atoms with E-state index < -0.39 is 5.97 Å². The van der Waals surface area contributed by atoms with Gasteiger partial charge >= 0.3 is 5.97 Å². The summed E-state index contributed by atoms with van der Waals surface area (Å²) in [6.07, 6.45) is 0.628. The van der Waals surface area contributed by atoms with Gasteiger partial charge in [0.05, 0.1) is 25.2 Å². The molecule has 0 saturated heterocycles. The maximum atomic E-state index is 10.6. The SMILES string of the molecule is COc1ccc(-c2nc(CCOc3cccc(CSCC(=O)O)c3)c(C)o2)cc1. The summed E-state index contributed by atoms with van der Waals surface area (Å²) < 4.78 is 16.8. The van der Waals surface area contributed by atoms with Crippen molar-refractivity contribution in [3.63, 3.8) is 0 Å². The van der Waals surface area contributed by atoms with Crippen LogP contribution in [0.15, 0.2) is 52.9 Å². The lowest BCUT2D eigenvalue weighted by Gasteiger charge is -2.07. The molecule has 0 unspecified atom stereocenters. The van der Waals surface area contributed by atoms with E-state index in [1.54, 1.807) is 7.11 Å². The molecule has 0 aliphatic heterocycles. The van der Waals surface area contributed by atoms with Gasteiger partial charge in [0.2, 0.25) is 5.89 Å². The van der Waals surface area contributed by atoms with Gasteiger partial charge in [0.25, 0.3) is 0 Å². The van der Waals surface area contributed by atoms with E-state index in [-0.39, 0.29) is 5.75 Å². The highest BCUT2D eigenvalue weighted by molar-refractivity contribution is 7.99. The molecule has 29 heavy (non-hydrogen) atoms. The number of aromatic nitrogens is 1. The lowest BCUT2D eigenvalue weighted by Crippen LogP contribution is -2.03. The van der Waals surface area contributed by atoms with Gasteiger partial charge < -0.3 is 19.0 Å². The highest BCUT2D eigenvalue weighted by Crippen LogP contribution is 2.24. The van der Waals surface area contributed by atoms with Gasteiger partial charge in [-0.05, 0) is 48.9 Å². The molecule has 0 radical (unpaired) electrons. The second kappa shape index (κ2) is 10.0. The number of nitrogens with zero attached hydrogens (tertiary/aromatic N) is 1. The third kappa shape index (κ3) is 6.02. The molecule has 1 aromatic heterocycles. The maximum absolute atomic E-state index is 10.6. The van der Waals surface area contributed by atoms with Gasteiger partial charge in [0, 0.05) is 17.7 Å². The fourth-order valence-corrected chi connectivity index (χ4v) is 3.46. The first kappa shape index (κ1) is 20.8. The minimum absolute atomic E-state index is 0.0903. The Morgan fingerprint density at radius 2 is 1.97 bits per heavy atom. The second-order valence-electron chi connectivity index (χ2n) is 6.38. The number of ether oxygens (including phenoxy) is 2. The second-order valence-corrected chi connectivity index (χ2v) is 7.37. The van der Waals surface area contributed by atoms with Gasteiger partial charge in [-0.1, -0.05) is 12.1 Å². The Morgan fingerprint density at radius 1 is 1.17 bits per heavy atom. The minimum Gasteiger partial charge on any atom is -0.497 e. The fraction of sp³-hybridized carbons (Fsp3) is 0.273. The molecule has 0 bridgehead atoms. The summed E-state index contributed by atoms with van der Waals surface area (Å²) in [6.45, 7) is 2.37. The molecular weight excluding hydrogens is 390 g/mol. The Kier molecular flexibility index (Phi) is 7.19. The summed E-state index contributed by atoms with van der Waals surface area (Å²) in [5.74, 6) is 2.82. The summed E-state index contributed by atoms with van der Waals surface area (Å²) >= 11 is 1.36. The molecular formula is C22H23NO5S. The fourth-order valence-electron chi connectivity index (χ4n) is 2.76. The maximum Gasteiger partial charge on any atom is 0.313 e. The van der Waals surface area contributed by atoms with Crippen molar-refractivity contribution in [1.82, 2.24) is 4.98 Å². The highest BCUT2D eigenvalue weighted by Gasteiger charge is 2.12. The predicted octanol–water partition coefficient (Wildman–Crippen LogP) is 4.60. The number of hydrogen-bond donors (Lipinski definition) is 1. The molecule has 152 valence electrons. The van der Waals surface area contributed by atoms with Gasteiger partial charge in [-0.3, -0.25) is 4.79 Å². The monoisotopic (exact) mass is 413 g/mol. The van der Waals surface area contributed by atoms with Gasteiger partial charge in [-0.15, -0.1) is 11.8 Å². The first-order valence-electron chi connectivity index (χ1n) is 9.17. The van der Waals surface area contributed by atoms with Crippen LogP contribution < -0.4 is 9.47 Å². The Balaban J connectivity index is 1.55. The van der Waals surface area contributed by atoms with Gasteiger partial charge in [-0.2, -0.15) is 0 Å². The molecule has 1 N–H and O–H groups in total. The molecule has 1 heterocycles. The zero-order chi connectivity index (χ0) is 20.6. The molecule has 0 amide bonds. The van der Waals surface area contributed by atoms with Crippen LogP contribution in [0, 0.1) is 6.92 Å². The zero-order valence-corrected chi connectivity index (χ0v) is 17.2. The van der Waals surface area contributed by atoms with Crippen LogP contribution in [0.5, 0.6) is 11.5 Å². The average molecular weight is 413 g/mol. The van der Waals surface area contributed by atoms with E-state index in [9.17, 15) is 4.79 Å². The number of rotatable bonds is 10. The third-order valence-corrected chi connectivity index (χ3v) is 5.22. The number of benzene rings is 2. The van der Waals surface area contributed by atoms with Crippen molar-refractivity contribution in [2.24, 2.45) is 0 Å². The molecule has 7 heteroatoms. The molecule has 0 aliphatic rings. The first-order valence-corrected chi connectivity index (χ1v) is 10.3. The predicted molar refractivity (Wildman–Crippen MR) is 113 cm³/mol. The van der Waals surface area contributed by atoms with Gasteiger partial charge in [0.15, 0.2) is 0 Å². The van der Waals surface area contributed by atoms with Crippen LogP contribution in [-0.4, -0.2) is 35.5 Å². The van der Waals surface area contributed by atoms with Crippen LogP contribution in [-0.2, 0) is 17.0 Å². The molecule has 0 fully saturated rings. The number of carboxylic acid groups (broad SMARTS) is 1. The van der Waals surface area contributed by atoms with Crippen molar-refractivity contribution in [1.29, 1.82) is 0 Å². The Labute approximate surface area is 173 Å². The molecule has 0 spiro atoms. The quantitative estimate of drug-likeness (QED) is 0.520. The largest absolute Gasteiger partial charge is 0.497 e. The van der Waals surface area contributed by atoms with Crippen molar-refractivity contribution in [3.05, 3.63) is 65.5 Å². The van der Waals surface area contributed by atoms with Crippen molar-refractivity contribution in [2.45, 2.75) is 19.1 Å². The zero-order valence-electron chi connectivity index (χ0n) is 16.4. The van der Waals surface area contributed by atoms with E-state index >= 15 is 0 Å². The molecule has 0 aliphatic carbocycles. The van der Waals surface area contributed by atoms with Crippen molar-refractivity contribution in [2.75, 3.05) is 19.5 Å². The summed E-state index contributed by atoms with van der Waals surface area (Å²) in [5, 5.41) is 8.73. The minimum atomic E-state index is -0.806. The van der Waals surface area contributed by atoms with E-state index in [4.69, 9.17) is 19.0 Å². The summed E-state index contributed by atoms with van der Waals surface area (Å²) in [6, 6.07) is 15.3. The molecule has 6 nitrogen and oxygen atoms in total. The molecule has 3 aromatic rings. The number of aryl methyl sites for hydroxylation is 1. The Bertz CT molecular complexity index is 952. The number of thioether (sulfide) groups is 1. The van der Waals surface area contributed by atoms with E-state index in [0.717, 1.165) is 34.1 Å². The number of oxazole rings is 1. The lowest BCUT2D eigenvalue weighted by molar-refractivity contribution is -0.133.